The lowest BCUT2D eigenvalue weighted by Crippen LogP contribution is -2.43. The van der Waals surface area contributed by atoms with Crippen molar-refractivity contribution in [1.29, 1.82) is 0 Å². The Balaban J connectivity index is 1.55. The molecule has 0 radical (unpaired) electrons. The summed E-state index contributed by atoms with van der Waals surface area (Å²) in [4.78, 5) is 23.4. The van der Waals surface area contributed by atoms with E-state index >= 15 is 0 Å². The molecule has 2 aromatic rings. The molecule has 8 heteroatoms. The van der Waals surface area contributed by atoms with Crippen LogP contribution in [0.5, 0.6) is 0 Å². The fourth-order valence-corrected chi connectivity index (χ4v) is 3.48. The van der Waals surface area contributed by atoms with Crippen molar-refractivity contribution >= 4 is 11.7 Å². The molecule has 1 N–H and O–H groups in total. The Bertz CT molecular complexity index is 775. The first-order chi connectivity index (χ1) is 12.3. The molecule has 8 nitrogen and oxygen atoms in total. The highest BCUT2D eigenvalue weighted by atomic mass is 16.5. The zero-order valence-electron chi connectivity index (χ0n) is 14.2. The third kappa shape index (κ3) is 2.97. The SMILES string of the molecule is CNc1nccnc1[C@@H]1CN(C(=O)c2noc3c2CCCC3)CCO1. The summed E-state index contributed by atoms with van der Waals surface area (Å²) in [6.07, 6.45) is 6.85. The Kier molecular flexibility index (Phi) is 4.35. The van der Waals surface area contributed by atoms with Crippen LogP contribution >= 0.6 is 0 Å². The van der Waals surface area contributed by atoms with E-state index in [1.807, 2.05) is 0 Å². The van der Waals surface area contributed by atoms with E-state index in [0.29, 0.717) is 36.9 Å². The number of amides is 1. The number of ether oxygens (including phenoxy) is 1. The summed E-state index contributed by atoms with van der Waals surface area (Å²) in [5, 5.41) is 7.08. The zero-order chi connectivity index (χ0) is 17.2. The molecule has 1 saturated heterocycles. The van der Waals surface area contributed by atoms with Crippen LogP contribution in [0, 0.1) is 0 Å². The third-order valence-electron chi connectivity index (χ3n) is 4.77. The lowest BCUT2D eigenvalue weighted by molar-refractivity contribution is -0.0248. The van der Waals surface area contributed by atoms with Gasteiger partial charge in [-0.05, 0) is 19.3 Å². The Morgan fingerprint density at radius 2 is 2.12 bits per heavy atom. The minimum absolute atomic E-state index is 0.0879. The molecule has 0 bridgehead atoms. The van der Waals surface area contributed by atoms with E-state index in [1.165, 1.54) is 0 Å². The monoisotopic (exact) mass is 343 g/mol. The second-order valence-electron chi connectivity index (χ2n) is 6.29. The number of rotatable bonds is 3. The second-order valence-corrected chi connectivity index (χ2v) is 6.29. The molecule has 3 heterocycles. The average molecular weight is 343 g/mol. The first-order valence-corrected chi connectivity index (χ1v) is 8.65. The lowest BCUT2D eigenvalue weighted by atomic mass is 9.96. The van der Waals surface area contributed by atoms with Gasteiger partial charge < -0.3 is 19.5 Å². The van der Waals surface area contributed by atoms with Crippen LogP contribution in [-0.4, -0.2) is 52.7 Å². The highest BCUT2D eigenvalue weighted by molar-refractivity contribution is 5.94. The van der Waals surface area contributed by atoms with E-state index in [1.54, 1.807) is 24.3 Å². The minimum atomic E-state index is -0.309. The lowest BCUT2D eigenvalue weighted by Gasteiger charge is -2.32. The summed E-state index contributed by atoms with van der Waals surface area (Å²) in [5.41, 5.74) is 2.16. The molecule has 1 fully saturated rings. The predicted molar refractivity (Wildman–Crippen MR) is 89.3 cm³/mol. The Morgan fingerprint density at radius 3 is 3.00 bits per heavy atom. The van der Waals surface area contributed by atoms with Crippen LogP contribution in [-0.2, 0) is 17.6 Å². The van der Waals surface area contributed by atoms with E-state index in [0.717, 1.165) is 37.0 Å². The number of nitrogens with one attached hydrogen (secondary N) is 1. The van der Waals surface area contributed by atoms with E-state index in [-0.39, 0.29) is 12.0 Å². The molecule has 4 rings (SSSR count). The number of morpholine rings is 1. The van der Waals surface area contributed by atoms with Gasteiger partial charge in [0.2, 0.25) is 0 Å². The van der Waals surface area contributed by atoms with E-state index in [9.17, 15) is 4.79 Å². The van der Waals surface area contributed by atoms with Crippen LogP contribution in [0.25, 0.3) is 0 Å². The van der Waals surface area contributed by atoms with Crippen molar-refractivity contribution in [3.63, 3.8) is 0 Å². The van der Waals surface area contributed by atoms with Crippen LogP contribution in [0.4, 0.5) is 5.82 Å². The molecule has 25 heavy (non-hydrogen) atoms. The maximum Gasteiger partial charge on any atom is 0.276 e. The zero-order valence-corrected chi connectivity index (χ0v) is 14.2. The molecule has 1 aliphatic heterocycles. The van der Waals surface area contributed by atoms with Gasteiger partial charge in [-0.15, -0.1) is 0 Å². The molecular weight excluding hydrogens is 322 g/mol. The van der Waals surface area contributed by atoms with Gasteiger partial charge >= 0.3 is 0 Å². The second kappa shape index (κ2) is 6.79. The van der Waals surface area contributed by atoms with Gasteiger partial charge in [-0.25, -0.2) is 4.98 Å². The van der Waals surface area contributed by atoms with E-state index in [2.05, 4.69) is 20.4 Å². The molecule has 2 aromatic heterocycles. The van der Waals surface area contributed by atoms with Crippen molar-refractivity contribution in [3.05, 3.63) is 35.1 Å². The Hall–Kier alpha value is -2.48. The highest BCUT2D eigenvalue weighted by Gasteiger charge is 2.32. The molecule has 0 unspecified atom stereocenters. The van der Waals surface area contributed by atoms with Crippen LogP contribution in [0.3, 0.4) is 0 Å². The average Bonchev–Trinajstić information content (AvgIpc) is 3.11. The van der Waals surface area contributed by atoms with Crippen LogP contribution in [0.15, 0.2) is 16.9 Å². The number of hydrogen-bond acceptors (Lipinski definition) is 7. The summed E-state index contributed by atoms with van der Waals surface area (Å²) in [5.74, 6) is 1.45. The largest absolute Gasteiger partial charge is 0.372 e. The van der Waals surface area contributed by atoms with Crippen molar-refractivity contribution in [3.8, 4) is 0 Å². The summed E-state index contributed by atoms with van der Waals surface area (Å²) < 4.78 is 11.2. The fourth-order valence-electron chi connectivity index (χ4n) is 3.48. The molecular formula is C17H21N5O3. The molecule has 1 atom stereocenters. The molecule has 132 valence electrons. The van der Waals surface area contributed by atoms with Crippen LogP contribution in [0.1, 0.15) is 46.5 Å². The minimum Gasteiger partial charge on any atom is -0.372 e. The number of nitrogens with zero attached hydrogens (tertiary/aromatic N) is 4. The van der Waals surface area contributed by atoms with Crippen LogP contribution < -0.4 is 5.32 Å². The molecule has 0 aromatic carbocycles. The maximum absolute atomic E-state index is 13.0. The van der Waals surface area contributed by atoms with Gasteiger partial charge in [0.1, 0.15) is 23.4 Å². The predicted octanol–water partition coefficient (Wildman–Crippen LogP) is 1.60. The molecule has 1 amide bonds. The summed E-state index contributed by atoms with van der Waals surface area (Å²) >= 11 is 0. The van der Waals surface area contributed by atoms with Gasteiger partial charge in [0.15, 0.2) is 5.69 Å². The molecule has 0 saturated carbocycles. The van der Waals surface area contributed by atoms with Crippen molar-refractivity contribution in [2.75, 3.05) is 32.1 Å². The first kappa shape index (κ1) is 16.0. The van der Waals surface area contributed by atoms with Gasteiger partial charge in [-0.3, -0.25) is 9.78 Å². The molecule has 2 aliphatic rings. The normalized spacial score (nSPS) is 20.2. The number of anilines is 1. The first-order valence-electron chi connectivity index (χ1n) is 8.65. The van der Waals surface area contributed by atoms with Gasteiger partial charge in [-0.2, -0.15) is 0 Å². The van der Waals surface area contributed by atoms with Gasteiger partial charge in [0, 0.05) is 38.0 Å². The number of aromatic nitrogens is 3. The number of carbonyl (C=O) groups is 1. The smallest absolute Gasteiger partial charge is 0.276 e. The molecule has 1 aliphatic carbocycles. The maximum atomic E-state index is 13.0. The Morgan fingerprint density at radius 1 is 1.28 bits per heavy atom. The standard InChI is InChI=1S/C17H21N5O3/c1-18-16-15(19-6-7-20-16)13-10-22(8-9-24-13)17(23)14-11-4-2-3-5-12(11)25-21-14/h6-7,13H,2-5,8-10H2,1H3,(H,18,20)/t13-/m0/s1. The van der Waals surface area contributed by atoms with Gasteiger partial charge in [0.25, 0.3) is 5.91 Å². The number of carbonyl (C=O) groups excluding carboxylic acids is 1. The fraction of sp³-hybridized carbons (Fsp3) is 0.529. The van der Waals surface area contributed by atoms with Crippen molar-refractivity contribution in [1.82, 2.24) is 20.0 Å². The molecule has 0 spiro atoms. The van der Waals surface area contributed by atoms with Gasteiger partial charge in [0.05, 0.1) is 13.2 Å². The van der Waals surface area contributed by atoms with Crippen LogP contribution in [0.2, 0.25) is 0 Å². The van der Waals surface area contributed by atoms with E-state index in [4.69, 9.17) is 9.26 Å². The quantitative estimate of drug-likeness (QED) is 0.904. The number of aryl methyl sites for hydroxylation is 1. The number of hydrogen-bond donors (Lipinski definition) is 1. The third-order valence-corrected chi connectivity index (χ3v) is 4.77. The van der Waals surface area contributed by atoms with Crippen molar-refractivity contribution < 1.29 is 14.1 Å². The van der Waals surface area contributed by atoms with Crippen molar-refractivity contribution in [2.24, 2.45) is 0 Å². The van der Waals surface area contributed by atoms with E-state index < -0.39 is 0 Å². The highest BCUT2D eigenvalue weighted by Crippen LogP contribution is 2.28. The van der Waals surface area contributed by atoms with Gasteiger partial charge in [-0.1, -0.05) is 5.16 Å². The summed E-state index contributed by atoms with van der Waals surface area (Å²) in [6, 6.07) is 0. The Labute approximate surface area is 145 Å². The van der Waals surface area contributed by atoms with Crippen molar-refractivity contribution in [2.45, 2.75) is 31.8 Å². The topological polar surface area (TPSA) is 93.4 Å². The summed E-state index contributed by atoms with van der Waals surface area (Å²) in [6.45, 7) is 1.41. The number of fused-ring (bicyclic) bond motifs is 1. The summed E-state index contributed by atoms with van der Waals surface area (Å²) in [7, 11) is 1.79.